The molecule has 0 aliphatic heterocycles. The van der Waals surface area contributed by atoms with Gasteiger partial charge >= 0.3 is 0 Å². The van der Waals surface area contributed by atoms with Gasteiger partial charge in [0.05, 0.1) is 5.39 Å². The molecule has 0 atom stereocenters. The number of thiophene rings is 1. The summed E-state index contributed by atoms with van der Waals surface area (Å²) in [6.07, 6.45) is 0.983. The molecule has 126 valence electrons. The second-order valence-corrected chi connectivity index (χ2v) is 6.92. The van der Waals surface area contributed by atoms with Crippen LogP contribution in [-0.2, 0) is 6.42 Å². The van der Waals surface area contributed by atoms with Crippen LogP contribution in [0.4, 0.5) is 17.2 Å². The Morgan fingerprint density at radius 3 is 2.42 bits per heavy atom. The van der Waals surface area contributed by atoms with Crippen LogP contribution in [0.3, 0.4) is 0 Å². The molecule has 0 bridgehead atoms. The summed E-state index contributed by atoms with van der Waals surface area (Å²) in [6.45, 7) is 8.47. The van der Waals surface area contributed by atoms with E-state index in [4.69, 9.17) is 11.6 Å². The zero-order valence-corrected chi connectivity index (χ0v) is 15.7. The van der Waals surface area contributed by atoms with E-state index in [9.17, 15) is 0 Å². The summed E-state index contributed by atoms with van der Waals surface area (Å²) in [5.74, 6) is 0.761. The molecule has 0 amide bonds. The Morgan fingerprint density at radius 1 is 1.08 bits per heavy atom. The number of aromatic nitrogens is 2. The number of nitrogens with one attached hydrogen (secondary N) is 1. The van der Waals surface area contributed by atoms with Gasteiger partial charge in [0.1, 0.15) is 10.6 Å². The molecular formula is C18H21ClN4S. The van der Waals surface area contributed by atoms with Crippen LogP contribution in [0.2, 0.25) is 5.28 Å². The predicted molar refractivity (Wildman–Crippen MR) is 105 cm³/mol. The number of hydrogen-bond acceptors (Lipinski definition) is 5. The Hall–Kier alpha value is -1.85. The Labute approximate surface area is 151 Å². The van der Waals surface area contributed by atoms with Gasteiger partial charge in [0.15, 0.2) is 0 Å². The lowest BCUT2D eigenvalue weighted by Crippen LogP contribution is -2.21. The fraction of sp³-hybridized carbons (Fsp3) is 0.333. The number of anilines is 3. The first kappa shape index (κ1) is 17.0. The maximum absolute atomic E-state index is 6.08. The van der Waals surface area contributed by atoms with Crippen LogP contribution in [0.25, 0.3) is 10.2 Å². The van der Waals surface area contributed by atoms with E-state index in [0.29, 0.717) is 0 Å². The summed E-state index contributed by atoms with van der Waals surface area (Å²) >= 11 is 7.75. The lowest BCUT2D eigenvalue weighted by Gasteiger charge is -2.21. The smallest absolute Gasteiger partial charge is 0.225 e. The van der Waals surface area contributed by atoms with E-state index < -0.39 is 0 Å². The van der Waals surface area contributed by atoms with Crippen molar-refractivity contribution in [2.75, 3.05) is 23.3 Å². The van der Waals surface area contributed by atoms with Crippen LogP contribution < -0.4 is 10.2 Å². The first-order valence-corrected chi connectivity index (χ1v) is 9.42. The van der Waals surface area contributed by atoms with Gasteiger partial charge < -0.3 is 10.2 Å². The highest BCUT2D eigenvalue weighted by Gasteiger charge is 2.11. The minimum atomic E-state index is 0.272. The lowest BCUT2D eigenvalue weighted by atomic mass is 10.2. The van der Waals surface area contributed by atoms with Crippen molar-refractivity contribution in [3.8, 4) is 0 Å². The third kappa shape index (κ3) is 3.47. The standard InChI is InChI=1S/C18H21ClN4S/c1-4-14-11-15-16(21-18(19)22-17(15)24-14)20-12-7-9-13(10-8-12)23(5-2)6-3/h7-11H,4-6H2,1-3H3,(H,20,21,22). The maximum atomic E-state index is 6.08. The molecule has 3 aromatic rings. The summed E-state index contributed by atoms with van der Waals surface area (Å²) in [6, 6.07) is 10.5. The Balaban J connectivity index is 1.90. The number of nitrogens with zero attached hydrogens (tertiary/aromatic N) is 3. The molecule has 0 saturated carbocycles. The first-order chi connectivity index (χ1) is 11.6. The fourth-order valence-corrected chi connectivity index (χ4v) is 3.88. The van der Waals surface area contributed by atoms with E-state index in [1.807, 2.05) is 0 Å². The molecule has 0 fully saturated rings. The van der Waals surface area contributed by atoms with Crippen LogP contribution in [0.1, 0.15) is 25.6 Å². The topological polar surface area (TPSA) is 41.0 Å². The molecule has 0 spiro atoms. The molecule has 2 aromatic heterocycles. The third-order valence-electron chi connectivity index (χ3n) is 4.02. The number of rotatable bonds is 6. The number of fused-ring (bicyclic) bond motifs is 1. The van der Waals surface area contributed by atoms with Crippen LogP contribution >= 0.6 is 22.9 Å². The number of halogens is 1. The molecule has 24 heavy (non-hydrogen) atoms. The van der Waals surface area contributed by atoms with Crippen molar-refractivity contribution in [1.29, 1.82) is 0 Å². The van der Waals surface area contributed by atoms with Crippen molar-refractivity contribution in [3.63, 3.8) is 0 Å². The summed E-state index contributed by atoms with van der Waals surface area (Å²) in [5.41, 5.74) is 2.21. The van der Waals surface area contributed by atoms with Crippen molar-refractivity contribution in [1.82, 2.24) is 9.97 Å². The molecule has 0 radical (unpaired) electrons. The monoisotopic (exact) mass is 360 g/mol. The first-order valence-electron chi connectivity index (χ1n) is 8.22. The molecule has 0 unspecified atom stereocenters. The SMILES string of the molecule is CCc1cc2c(Nc3ccc(N(CC)CC)cc3)nc(Cl)nc2s1. The average molecular weight is 361 g/mol. The third-order valence-corrected chi connectivity index (χ3v) is 5.37. The van der Waals surface area contributed by atoms with Crippen LogP contribution in [0.15, 0.2) is 30.3 Å². The summed E-state index contributed by atoms with van der Waals surface area (Å²) in [4.78, 5) is 13.2. The maximum Gasteiger partial charge on any atom is 0.225 e. The molecular weight excluding hydrogens is 340 g/mol. The summed E-state index contributed by atoms with van der Waals surface area (Å²) < 4.78 is 0. The zero-order valence-electron chi connectivity index (χ0n) is 14.1. The fourth-order valence-electron chi connectivity index (χ4n) is 2.70. The number of hydrogen-bond donors (Lipinski definition) is 1. The zero-order chi connectivity index (χ0) is 17.1. The highest BCUT2D eigenvalue weighted by atomic mass is 35.5. The second kappa shape index (κ2) is 7.36. The van der Waals surface area contributed by atoms with Gasteiger partial charge in [-0.2, -0.15) is 4.98 Å². The van der Waals surface area contributed by atoms with Crippen molar-refractivity contribution < 1.29 is 0 Å². The average Bonchev–Trinajstić information content (AvgIpc) is 3.00. The minimum absolute atomic E-state index is 0.272. The molecule has 6 heteroatoms. The quantitative estimate of drug-likeness (QED) is 0.589. The van der Waals surface area contributed by atoms with Crippen LogP contribution in [0.5, 0.6) is 0 Å². The predicted octanol–water partition coefficient (Wildman–Crippen LogP) is 5.50. The normalized spacial score (nSPS) is 11.0. The molecule has 0 saturated heterocycles. The minimum Gasteiger partial charge on any atom is -0.372 e. The summed E-state index contributed by atoms with van der Waals surface area (Å²) in [5, 5.41) is 4.67. The molecule has 4 nitrogen and oxygen atoms in total. The highest BCUT2D eigenvalue weighted by molar-refractivity contribution is 7.18. The van der Waals surface area contributed by atoms with E-state index >= 15 is 0 Å². The molecule has 0 aliphatic rings. The van der Waals surface area contributed by atoms with Crippen LogP contribution in [0, 0.1) is 0 Å². The van der Waals surface area contributed by atoms with E-state index in [0.717, 1.165) is 41.2 Å². The highest BCUT2D eigenvalue weighted by Crippen LogP contribution is 2.32. The second-order valence-electron chi connectivity index (χ2n) is 5.47. The van der Waals surface area contributed by atoms with E-state index in [2.05, 4.69) is 71.3 Å². The van der Waals surface area contributed by atoms with Gasteiger partial charge in [0.2, 0.25) is 5.28 Å². The molecule has 1 N–H and O–H groups in total. The van der Waals surface area contributed by atoms with E-state index in [1.165, 1.54) is 10.6 Å². The molecule has 2 heterocycles. The van der Waals surface area contributed by atoms with Crippen molar-refractivity contribution in [3.05, 3.63) is 40.5 Å². The van der Waals surface area contributed by atoms with E-state index in [-0.39, 0.29) is 5.28 Å². The van der Waals surface area contributed by atoms with Gasteiger partial charge in [-0.25, -0.2) is 4.98 Å². The van der Waals surface area contributed by atoms with Crippen molar-refractivity contribution in [2.45, 2.75) is 27.2 Å². The molecule has 0 aliphatic carbocycles. The van der Waals surface area contributed by atoms with Gasteiger partial charge in [0.25, 0.3) is 0 Å². The summed E-state index contributed by atoms with van der Waals surface area (Å²) in [7, 11) is 0. The van der Waals surface area contributed by atoms with Crippen LogP contribution in [-0.4, -0.2) is 23.1 Å². The number of aryl methyl sites for hydroxylation is 1. The lowest BCUT2D eigenvalue weighted by molar-refractivity contribution is 0.866. The van der Waals surface area contributed by atoms with Gasteiger partial charge in [-0.05, 0) is 62.2 Å². The van der Waals surface area contributed by atoms with E-state index in [1.54, 1.807) is 11.3 Å². The van der Waals surface area contributed by atoms with Gasteiger partial charge in [-0.1, -0.05) is 6.92 Å². The van der Waals surface area contributed by atoms with Gasteiger partial charge in [-0.3, -0.25) is 0 Å². The number of benzene rings is 1. The largest absolute Gasteiger partial charge is 0.372 e. The van der Waals surface area contributed by atoms with Crippen molar-refractivity contribution >= 4 is 50.3 Å². The van der Waals surface area contributed by atoms with Gasteiger partial charge in [-0.15, -0.1) is 11.3 Å². The Kier molecular flexibility index (Phi) is 5.21. The Morgan fingerprint density at radius 2 is 1.79 bits per heavy atom. The molecule has 1 aromatic carbocycles. The molecule has 3 rings (SSSR count). The van der Waals surface area contributed by atoms with Gasteiger partial charge in [0, 0.05) is 29.3 Å². The van der Waals surface area contributed by atoms with Crippen molar-refractivity contribution in [2.24, 2.45) is 0 Å². The Bertz CT molecular complexity index is 825.